The standard InChI is InChI=1S/C14H31O9P.C14H31O4P.C11H25O4P.C8H19O6P.C8H19O4P.C7H15O5P.C5H13O4P.C4H11O4P/c1-3-4-18-5-6-19-7-8-20-9-10-21-11-12-22-13-14-23-24(15,16)17-2;1-3-4-5-6-7-8-9-10-11-12-13-14-18-19(15,16)17-2;1-3-4-5-6-7-8-9-10-11-15-16(12,13)14-2;1-3-4-12-5-6-13-7-8-14-15(9,10)11-2;1-3-4-5-6-7-8-12-13(9,10)11-2;1-3-6-7(4-5-11-6)12-13(8,9)10-2;1-3-4-5-9-10(6,7)8-2;1-3-4-8-9(5,6)7-2/h3-14H2,1-2H3,(H,15,16);3-14H2,1-2H3,(H,15,16);3-11H2,1-2H3,(H,12,13);3-8H2,1-2H3,(H,9,10);3-8H2,1-2H3,(H,9,10);6-7H,3-5H2,1-2H3,(H,8,9);3-5H2,1-2H3,(H,6,7);3-4H2,1-2H3,(H,5,6)/p-8/t;;;;;6-,7+;;/m.....1../s1. The molecule has 0 N–H and O–H groups in total. The fourth-order valence-corrected chi connectivity index (χ4v) is 12.3. The number of phosphoric ester groups is 8. The minimum absolute atomic E-state index is 0.0393. The number of hydrogen-bond acceptors (Lipinski definition) is 40. The van der Waals surface area contributed by atoms with Crippen LogP contribution in [0.1, 0.15) is 254 Å². The van der Waals surface area contributed by atoms with Gasteiger partial charge in [0, 0.05) is 76.7 Å². The van der Waals surface area contributed by atoms with Crippen molar-refractivity contribution < 1.29 is 186 Å². The van der Waals surface area contributed by atoms with Crippen molar-refractivity contribution in [2.24, 2.45) is 0 Å². The van der Waals surface area contributed by atoms with Gasteiger partial charge in [-0.1, -0.05) is 197 Å². The van der Waals surface area contributed by atoms with Gasteiger partial charge in [0.05, 0.1) is 138 Å². The van der Waals surface area contributed by atoms with Crippen LogP contribution >= 0.6 is 62.6 Å². The summed E-state index contributed by atoms with van der Waals surface area (Å²) in [7, 11) is -23.6. The molecule has 0 aliphatic carbocycles. The van der Waals surface area contributed by atoms with Gasteiger partial charge in [-0.3, -0.25) is 36.5 Å². The van der Waals surface area contributed by atoms with Gasteiger partial charge in [-0.25, -0.2) is 0 Å². The van der Waals surface area contributed by atoms with Gasteiger partial charge in [-0.2, -0.15) is 0 Å². The molecule has 10 atom stereocenters. The number of phosphoric acid groups is 8. The van der Waals surface area contributed by atoms with Crippen molar-refractivity contribution in [3.8, 4) is 0 Å². The van der Waals surface area contributed by atoms with Gasteiger partial charge < -0.3 is 149 Å². The lowest BCUT2D eigenvalue weighted by Crippen LogP contribution is -2.25. The zero-order valence-corrected chi connectivity index (χ0v) is 81.7. The van der Waals surface area contributed by atoms with Crippen LogP contribution in [0, 0.1) is 0 Å². The summed E-state index contributed by atoms with van der Waals surface area (Å²) >= 11 is 0. The fraction of sp³-hybridized carbons (Fsp3) is 1.00. The van der Waals surface area contributed by atoms with Crippen molar-refractivity contribution in [2.45, 2.75) is 267 Å². The van der Waals surface area contributed by atoms with Crippen molar-refractivity contribution >= 4 is 62.6 Å². The predicted octanol–water partition coefficient (Wildman–Crippen LogP) is 13.1. The summed E-state index contributed by atoms with van der Waals surface area (Å²) in [5.41, 5.74) is 0. The van der Waals surface area contributed by atoms with Gasteiger partial charge in [-0.05, 0) is 57.8 Å². The summed E-state index contributed by atoms with van der Waals surface area (Å²) in [6.45, 7) is 24.6. The third kappa shape index (κ3) is 113. The second kappa shape index (κ2) is 94.7. The Hall–Kier alpha value is 0.560. The van der Waals surface area contributed by atoms with Gasteiger partial charge in [0.15, 0.2) is 0 Å². The zero-order chi connectivity index (χ0) is 91.6. The maximum absolute atomic E-state index is 10.9. The monoisotopic (exact) mass is 1900 g/mol. The molecular formula is C71H156O40P8-8. The summed E-state index contributed by atoms with van der Waals surface area (Å²) in [4.78, 5) is 85.6. The third-order valence-corrected chi connectivity index (χ3v) is 22.7. The minimum atomic E-state index is -4.16. The Morgan fingerprint density at radius 2 is 0.420 bits per heavy atom. The summed E-state index contributed by atoms with van der Waals surface area (Å²) in [5, 5.41) is 0. The summed E-state index contributed by atoms with van der Waals surface area (Å²) in [5.74, 6) is 0. The maximum Gasteiger partial charge on any atom is 0.267 e. The Balaban J connectivity index is -0.000000245. The van der Waals surface area contributed by atoms with Gasteiger partial charge in [-0.15, -0.1) is 0 Å². The van der Waals surface area contributed by atoms with Gasteiger partial charge in [0.1, 0.15) is 0 Å². The van der Waals surface area contributed by atoms with Crippen LogP contribution in [0.25, 0.3) is 0 Å². The van der Waals surface area contributed by atoms with E-state index in [9.17, 15) is 75.7 Å². The first kappa shape index (κ1) is 133. The van der Waals surface area contributed by atoms with E-state index in [4.69, 9.17) is 42.4 Å². The first-order valence-corrected chi connectivity index (χ1v) is 52.9. The number of hydrogen-bond donors (Lipinski definition) is 0. The largest absolute Gasteiger partial charge is 0.756 e. The summed E-state index contributed by atoms with van der Waals surface area (Å²) in [6.07, 6.45) is 33.4. The van der Waals surface area contributed by atoms with E-state index < -0.39 is 62.6 Å². The smallest absolute Gasteiger partial charge is 0.267 e. The molecule has 1 aliphatic rings. The lowest BCUT2D eigenvalue weighted by Gasteiger charge is -2.26. The average molecular weight is 1900 g/mol. The first-order chi connectivity index (χ1) is 56.4. The quantitative estimate of drug-likeness (QED) is 0.0403. The predicted molar refractivity (Wildman–Crippen MR) is 437 cm³/mol. The first-order valence-electron chi connectivity index (χ1n) is 41.2. The molecule has 728 valence electrons. The van der Waals surface area contributed by atoms with Crippen LogP contribution in [0.2, 0.25) is 0 Å². The van der Waals surface area contributed by atoms with Gasteiger partial charge >= 0.3 is 0 Å². The highest BCUT2D eigenvalue weighted by atomic mass is 31.2. The second-order valence-corrected chi connectivity index (χ2v) is 37.3. The lowest BCUT2D eigenvalue weighted by molar-refractivity contribution is -0.229. The highest BCUT2D eigenvalue weighted by Gasteiger charge is 2.31. The van der Waals surface area contributed by atoms with Crippen LogP contribution in [0.3, 0.4) is 0 Å². The Kier molecular flexibility index (Phi) is 106. The average Bonchev–Trinajstić information content (AvgIpc) is 1.74. The molecule has 0 radical (unpaired) electrons. The van der Waals surface area contributed by atoms with Gasteiger partial charge in [0.25, 0.3) is 62.6 Å². The molecule has 8 unspecified atom stereocenters. The van der Waals surface area contributed by atoms with E-state index in [1.807, 2.05) is 27.7 Å². The van der Waals surface area contributed by atoms with Crippen molar-refractivity contribution in [2.75, 3.05) is 202 Å². The molecule has 40 nitrogen and oxygen atoms in total. The van der Waals surface area contributed by atoms with Crippen molar-refractivity contribution in [3.63, 3.8) is 0 Å². The molecule has 0 spiro atoms. The van der Waals surface area contributed by atoms with E-state index >= 15 is 0 Å². The maximum atomic E-state index is 10.9. The van der Waals surface area contributed by atoms with Crippen molar-refractivity contribution in [1.82, 2.24) is 0 Å². The Morgan fingerprint density at radius 3 is 0.639 bits per heavy atom. The highest BCUT2D eigenvalue weighted by molar-refractivity contribution is 7.47. The number of unbranched alkanes of at least 4 members (excludes halogenated alkanes) is 22. The van der Waals surface area contributed by atoms with Crippen molar-refractivity contribution in [3.05, 3.63) is 0 Å². The Morgan fingerprint density at radius 1 is 0.227 bits per heavy atom. The normalized spacial score (nSPS) is 17.1. The van der Waals surface area contributed by atoms with Crippen LogP contribution in [0.4, 0.5) is 0 Å². The molecule has 1 rings (SSSR count). The minimum Gasteiger partial charge on any atom is -0.756 e. The van der Waals surface area contributed by atoms with E-state index in [2.05, 4.69) is 95.6 Å². The van der Waals surface area contributed by atoms with Crippen LogP contribution in [-0.2, 0) is 147 Å². The Bertz CT molecular complexity index is 2490. The summed E-state index contributed by atoms with van der Waals surface area (Å²) in [6, 6.07) is 0. The molecule has 0 amide bonds. The molecule has 0 aromatic heterocycles. The number of ether oxygens (including phenoxy) is 8. The Labute approximate surface area is 714 Å². The van der Waals surface area contributed by atoms with Crippen LogP contribution in [0.15, 0.2) is 0 Å². The van der Waals surface area contributed by atoms with Crippen LogP contribution < -0.4 is 39.1 Å². The van der Waals surface area contributed by atoms with E-state index in [0.29, 0.717) is 92.1 Å². The van der Waals surface area contributed by atoms with E-state index in [0.717, 1.165) is 153 Å². The SMILES string of the molecule is CCCCCCCCCCCCCOP(=O)([O-])OC.CCCCCCCCCCOP(=O)([O-])OC.CCCCCCCOP(=O)([O-])OC.CCCCOP(=O)([O-])OC.CCCOCCOCCOCCOCCOCCOP(=O)([O-])OC.CCCOCCOCCOP(=O)([O-])OC.CCCOP(=O)([O-])OC.CC[C@H]1OCC[C@@H]1OP(=O)([O-])OC. The zero-order valence-electron chi connectivity index (χ0n) is 74.5. The molecule has 1 saturated heterocycles. The van der Waals surface area contributed by atoms with E-state index in [-0.39, 0.29) is 71.7 Å². The van der Waals surface area contributed by atoms with E-state index in [1.165, 1.54) is 96.3 Å². The molecule has 1 fully saturated rings. The van der Waals surface area contributed by atoms with E-state index in [1.54, 1.807) is 0 Å². The second-order valence-electron chi connectivity index (χ2n) is 25.2. The molecule has 48 heteroatoms. The van der Waals surface area contributed by atoms with Crippen LogP contribution in [-0.4, -0.2) is 214 Å². The van der Waals surface area contributed by atoms with Crippen molar-refractivity contribution in [1.29, 1.82) is 0 Å². The highest BCUT2D eigenvalue weighted by Crippen LogP contribution is 2.43. The van der Waals surface area contributed by atoms with Gasteiger partial charge in [0.2, 0.25) is 0 Å². The molecule has 0 aromatic carbocycles. The number of rotatable bonds is 75. The molecule has 0 bridgehead atoms. The molecule has 1 heterocycles. The molecular weight excluding hydrogens is 1740 g/mol. The molecule has 119 heavy (non-hydrogen) atoms. The molecule has 0 saturated carbocycles. The molecule has 1 aliphatic heterocycles. The summed E-state index contributed by atoms with van der Waals surface area (Å²) < 4.78 is 197. The lowest BCUT2D eigenvalue weighted by atomic mass is 10.1. The van der Waals surface area contributed by atoms with Crippen LogP contribution in [0.5, 0.6) is 0 Å². The molecule has 0 aromatic rings. The topological polar surface area (TPSA) is 543 Å². The third-order valence-electron chi connectivity index (χ3n) is 15.1. The fourth-order valence-electron chi connectivity index (χ4n) is 8.48.